The summed E-state index contributed by atoms with van der Waals surface area (Å²) in [6.07, 6.45) is 2.40. The third-order valence-corrected chi connectivity index (χ3v) is 1.90. The molecule has 0 aliphatic rings. The molecule has 0 aromatic heterocycles. The Kier molecular flexibility index (Phi) is 4.69. The van der Waals surface area contributed by atoms with E-state index in [0.717, 1.165) is 19.3 Å². The van der Waals surface area contributed by atoms with Gasteiger partial charge in [0.15, 0.2) is 0 Å². The van der Waals surface area contributed by atoms with Gasteiger partial charge in [-0.15, -0.1) is 0 Å². The zero-order valence-electron chi connectivity index (χ0n) is 8.05. The number of aliphatic hydroxyl groups is 1. The second-order valence-corrected chi connectivity index (χ2v) is 3.61. The van der Waals surface area contributed by atoms with E-state index in [4.69, 9.17) is 4.74 Å². The normalized spacial score (nSPS) is 15.0. The molecule has 1 atom stereocenters. The van der Waals surface area contributed by atoms with Gasteiger partial charge in [0.2, 0.25) is 0 Å². The van der Waals surface area contributed by atoms with Crippen LogP contribution >= 0.6 is 0 Å². The molecule has 68 valence electrons. The minimum Gasteiger partial charge on any atom is -0.393 e. The summed E-state index contributed by atoms with van der Waals surface area (Å²) < 4.78 is 5.19. The summed E-state index contributed by atoms with van der Waals surface area (Å²) in [5, 5.41) is 9.44. The summed E-state index contributed by atoms with van der Waals surface area (Å²) in [5.74, 6) is 0. The van der Waals surface area contributed by atoms with E-state index in [9.17, 15) is 5.11 Å². The molecule has 0 saturated carbocycles. The minimum atomic E-state index is -0.213. The van der Waals surface area contributed by atoms with E-state index in [1.54, 1.807) is 7.11 Å². The van der Waals surface area contributed by atoms with E-state index in [0.29, 0.717) is 0 Å². The van der Waals surface area contributed by atoms with E-state index < -0.39 is 0 Å². The van der Waals surface area contributed by atoms with Gasteiger partial charge in [-0.3, -0.25) is 0 Å². The van der Waals surface area contributed by atoms with Gasteiger partial charge in [-0.25, -0.2) is 0 Å². The molecule has 0 bridgehead atoms. The van der Waals surface area contributed by atoms with Crippen molar-refractivity contribution in [1.29, 1.82) is 0 Å². The van der Waals surface area contributed by atoms with Gasteiger partial charge in [0.05, 0.1) is 11.7 Å². The summed E-state index contributed by atoms with van der Waals surface area (Å²) in [7, 11) is 1.68. The largest absolute Gasteiger partial charge is 0.393 e. The lowest BCUT2D eigenvalue weighted by molar-refractivity contribution is -0.0211. The molecule has 0 aliphatic carbocycles. The Bertz CT molecular complexity index is 99.7. The quantitative estimate of drug-likeness (QED) is 0.666. The molecule has 0 radical (unpaired) electrons. The van der Waals surface area contributed by atoms with Crippen molar-refractivity contribution in [2.75, 3.05) is 7.11 Å². The Hall–Kier alpha value is -0.0800. The first-order chi connectivity index (χ1) is 5.02. The van der Waals surface area contributed by atoms with Crippen molar-refractivity contribution in [3.8, 4) is 0 Å². The summed E-state index contributed by atoms with van der Waals surface area (Å²) in [6, 6.07) is 0. The maximum atomic E-state index is 9.44. The highest BCUT2D eigenvalue weighted by Crippen LogP contribution is 2.17. The lowest BCUT2D eigenvalue weighted by atomic mass is 9.98. The van der Waals surface area contributed by atoms with Gasteiger partial charge < -0.3 is 9.84 Å². The predicted molar refractivity (Wildman–Crippen MR) is 46.6 cm³/mol. The van der Waals surface area contributed by atoms with E-state index in [-0.39, 0.29) is 11.7 Å². The van der Waals surface area contributed by atoms with Crippen LogP contribution in [0.4, 0.5) is 0 Å². The maximum absolute atomic E-state index is 9.44. The lowest BCUT2D eigenvalue weighted by Crippen LogP contribution is -2.28. The van der Waals surface area contributed by atoms with E-state index in [1.165, 1.54) is 0 Å². The molecule has 0 saturated heterocycles. The topological polar surface area (TPSA) is 29.5 Å². The minimum absolute atomic E-state index is 0.186. The van der Waals surface area contributed by atoms with Gasteiger partial charge in [-0.2, -0.15) is 0 Å². The van der Waals surface area contributed by atoms with Gasteiger partial charge in [-0.1, -0.05) is 13.3 Å². The van der Waals surface area contributed by atoms with Crippen LogP contribution in [0.25, 0.3) is 0 Å². The molecule has 1 unspecified atom stereocenters. The highest BCUT2D eigenvalue weighted by atomic mass is 16.5. The zero-order valence-corrected chi connectivity index (χ0v) is 8.05. The standard InChI is InChI=1S/C9H20O2/c1-5-6-8(10)7-9(2,3)11-4/h8,10H,5-7H2,1-4H3. The van der Waals surface area contributed by atoms with E-state index >= 15 is 0 Å². The Balaban J connectivity index is 3.64. The molecule has 0 fully saturated rings. The summed E-state index contributed by atoms with van der Waals surface area (Å²) >= 11 is 0. The summed E-state index contributed by atoms with van der Waals surface area (Å²) in [5.41, 5.74) is -0.186. The monoisotopic (exact) mass is 160 g/mol. The molecule has 0 heterocycles. The SMILES string of the molecule is CCCC(O)CC(C)(C)OC. The van der Waals surface area contributed by atoms with E-state index in [2.05, 4.69) is 6.92 Å². The Morgan fingerprint density at radius 1 is 1.45 bits per heavy atom. The van der Waals surface area contributed by atoms with Gasteiger partial charge in [-0.05, 0) is 20.3 Å². The number of aliphatic hydroxyl groups excluding tert-OH is 1. The molecule has 0 rings (SSSR count). The predicted octanol–water partition coefficient (Wildman–Crippen LogP) is 1.96. The van der Waals surface area contributed by atoms with Gasteiger partial charge >= 0.3 is 0 Å². The number of ether oxygens (including phenoxy) is 1. The average molecular weight is 160 g/mol. The van der Waals surface area contributed by atoms with Crippen molar-refractivity contribution >= 4 is 0 Å². The molecule has 11 heavy (non-hydrogen) atoms. The highest BCUT2D eigenvalue weighted by molar-refractivity contribution is 4.72. The van der Waals surface area contributed by atoms with Crippen LogP contribution in [0.15, 0.2) is 0 Å². The first kappa shape index (κ1) is 10.9. The molecular weight excluding hydrogens is 140 g/mol. The first-order valence-electron chi connectivity index (χ1n) is 4.25. The molecule has 0 spiro atoms. The summed E-state index contributed by atoms with van der Waals surface area (Å²) in [6.45, 7) is 6.06. The molecule has 1 N–H and O–H groups in total. The number of hydrogen-bond donors (Lipinski definition) is 1. The van der Waals surface area contributed by atoms with Crippen molar-refractivity contribution in [2.45, 2.75) is 51.7 Å². The summed E-state index contributed by atoms with van der Waals surface area (Å²) in [4.78, 5) is 0. The van der Waals surface area contributed by atoms with Crippen LogP contribution < -0.4 is 0 Å². The van der Waals surface area contributed by atoms with Gasteiger partial charge in [0, 0.05) is 13.5 Å². The van der Waals surface area contributed by atoms with Crippen LogP contribution in [0.3, 0.4) is 0 Å². The first-order valence-corrected chi connectivity index (χ1v) is 4.25. The van der Waals surface area contributed by atoms with Crippen molar-refractivity contribution < 1.29 is 9.84 Å². The van der Waals surface area contributed by atoms with Crippen molar-refractivity contribution in [3.63, 3.8) is 0 Å². The fourth-order valence-electron chi connectivity index (χ4n) is 1.09. The Morgan fingerprint density at radius 3 is 2.36 bits per heavy atom. The van der Waals surface area contributed by atoms with E-state index in [1.807, 2.05) is 13.8 Å². The molecule has 2 heteroatoms. The fourth-order valence-corrected chi connectivity index (χ4v) is 1.09. The van der Waals surface area contributed by atoms with Gasteiger partial charge in [0.1, 0.15) is 0 Å². The molecule has 0 amide bonds. The third kappa shape index (κ3) is 5.22. The maximum Gasteiger partial charge on any atom is 0.0647 e. The molecule has 0 aromatic carbocycles. The molecular formula is C9H20O2. The van der Waals surface area contributed by atoms with Crippen molar-refractivity contribution in [2.24, 2.45) is 0 Å². The second kappa shape index (κ2) is 4.73. The fraction of sp³-hybridized carbons (Fsp3) is 1.00. The Morgan fingerprint density at radius 2 is 2.00 bits per heavy atom. The third-order valence-electron chi connectivity index (χ3n) is 1.90. The molecule has 0 aromatic rings. The zero-order chi connectivity index (χ0) is 8.91. The van der Waals surface area contributed by atoms with Gasteiger partial charge in [0.25, 0.3) is 0 Å². The van der Waals surface area contributed by atoms with Crippen LogP contribution in [0, 0.1) is 0 Å². The number of hydrogen-bond acceptors (Lipinski definition) is 2. The van der Waals surface area contributed by atoms with Crippen LogP contribution in [-0.4, -0.2) is 23.9 Å². The van der Waals surface area contributed by atoms with Crippen molar-refractivity contribution in [3.05, 3.63) is 0 Å². The highest BCUT2D eigenvalue weighted by Gasteiger charge is 2.20. The number of rotatable bonds is 5. The average Bonchev–Trinajstić information content (AvgIpc) is 1.87. The number of methoxy groups -OCH3 is 1. The lowest BCUT2D eigenvalue weighted by Gasteiger charge is -2.25. The van der Waals surface area contributed by atoms with Crippen molar-refractivity contribution in [1.82, 2.24) is 0 Å². The van der Waals surface area contributed by atoms with Crippen LogP contribution in [0.1, 0.15) is 40.0 Å². The molecule has 0 aliphatic heterocycles. The smallest absolute Gasteiger partial charge is 0.0647 e. The second-order valence-electron chi connectivity index (χ2n) is 3.61. The Labute approximate surface area is 69.6 Å². The molecule has 2 nitrogen and oxygen atoms in total. The van der Waals surface area contributed by atoms with Crippen LogP contribution in [0.5, 0.6) is 0 Å². The van der Waals surface area contributed by atoms with Crippen LogP contribution in [-0.2, 0) is 4.74 Å². The van der Waals surface area contributed by atoms with Crippen LogP contribution in [0.2, 0.25) is 0 Å².